The molecule has 0 saturated heterocycles. The number of benzene rings is 3. The lowest BCUT2D eigenvalue weighted by Gasteiger charge is -2.16. The van der Waals surface area contributed by atoms with Gasteiger partial charge in [0.25, 0.3) is 0 Å². The van der Waals surface area contributed by atoms with Crippen LogP contribution in [0.4, 0.5) is 37.7 Å². The molecule has 10 heteroatoms. The zero-order valence-corrected chi connectivity index (χ0v) is 15.6. The van der Waals surface area contributed by atoms with Crippen LogP contribution in [0.3, 0.4) is 0 Å². The third-order valence-electron chi connectivity index (χ3n) is 4.70. The average Bonchev–Trinajstić information content (AvgIpc) is 3.05. The predicted molar refractivity (Wildman–Crippen MR) is 105 cm³/mol. The number of nitrogen functional groups attached to an aromatic ring is 2. The molecule has 31 heavy (non-hydrogen) atoms. The highest BCUT2D eigenvalue weighted by Gasteiger charge is 2.36. The van der Waals surface area contributed by atoms with Gasteiger partial charge in [-0.2, -0.15) is 26.3 Å². The molecule has 0 aliphatic rings. The van der Waals surface area contributed by atoms with E-state index in [1.165, 1.54) is 41.0 Å². The number of aromatic nitrogens is 2. The number of rotatable bonds is 2. The van der Waals surface area contributed by atoms with Crippen LogP contribution in [-0.4, -0.2) is 9.55 Å². The number of nitrogens with zero attached hydrogens (tertiary/aromatic N) is 2. The summed E-state index contributed by atoms with van der Waals surface area (Å²) in [7, 11) is 0. The van der Waals surface area contributed by atoms with Crippen LogP contribution >= 0.6 is 0 Å². The van der Waals surface area contributed by atoms with E-state index in [9.17, 15) is 26.3 Å². The molecule has 0 atom stereocenters. The SMILES string of the molecule is Nc1ccc(-c2nc3cc(N)ccc3n2-c2cccc(C(F)(F)F)c2)c(C(F)(F)F)c1. The first-order valence-electron chi connectivity index (χ1n) is 8.88. The lowest BCUT2D eigenvalue weighted by molar-refractivity contribution is -0.138. The highest BCUT2D eigenvalue weighted by Crippen LogP contribution is 2.40. The van der Waals surface area contributed by atoms with Crippen molar-refractivity contribution in [1.82, 2.24) is 9.55 Å². The highest BCUT2D eigenvalue weighted by atomic mass is 19.4. The minimum Gasteiger partial charge on any atom is -0.399 e. The molecule has 4 N–H and O–H groups in total. The van der Waals surface area contributed by atoms with E-state index < -0.39 is 23.5 Å². The molecule has 160 valence electrons. The molecule has 0 unspecified atom stereocenters. The van der Waals surface area contributed by atoms with Gasteiger partial charge in [-0.05, 0) is 54.6 Å². The molecule has 0 radical (unpaired) electrons. The second-order valence-electron chi connectivity index (χ2n) is 6.87. The van der Waals surface area contributed by atoms with Crippen LogP contribution in [0.15, 0.2) is 60.7 Å². The Morgan fingerprint density at radius 1 is 0.742 bits per heavy atom. The minimum atomic E-state index is -4.76. The Labute approximate surface area is 171 Å². The molecule has 3 aromatic carbocycles. The normalized spacial score (nSPS) is 12.5. The van der Waals surface area contributed by atoms with Crippen molar-refractivity contribution in [3.05, 3.63) is 71.8 Å². The van der Waals surface area contributed by atoms with E-state index in [1.807, 2.05) is 0 Å². The summed E-state index contributed by atoms with van der Waals surface area (Å²) in [6.45, 7) is 0. The first-order valence-corrected chi connectivity index (χ1v) is 8.88. The van der Waals surface area contributed by atoms with E-state index in [-0.39, 0.29) is 28.3 Å². The number of halogens is 6. The van der Waals surface area contributed by atoms with Gasteiger partial charge in [-0.25, -0.2) is 4.98 Å². The van der Waals surface area contributed by atoms with Crippen LogP contribution in [0.25, 0.3) is 28.1 Å². The Morgan fingerprint density at radius 2 is 1.42 bits per heavy atom. The predicted octanol–water partition coefficient (Wildman–Crippen LogP) is 5.89. The molecule has 0 fully saturated rings. The lowest BCUT2D eigenvalue weighted by atomic mass is 10.0. The van der Waals surface area contributed by atoms with Crippen molar-refractivity contribution in [1.29, 1.82) is 0 Å². The summed E-state index contributed by atoms with van der Waals surface area (Å²) in [5.74, 6) is -0.188. The third-order valence-corrected chi connectivity index (χ3v) is 4.70. The number of imidazole rings is 1. The summed E-state index contributed by atoms with van der Waals surface area (Å²) in [5.41, 5.74) is 9.72. The maximum absolute atomic E-state index is 13.7. The number of hydrogen-bond acceptors (Lipinski definition) is 3. The molecule has 4 aromatic rings. The Bertz CT molecular complexity index is 1290. The van der Waals surface area contributed by atoms with E-state index in [0.717, 1.165) is 24.3 Å². The number of anilines is 2. The summed E-state index contributed by atoms with van der Waals surface area (Å²) in [5, 5.41) is 0. The lowest BCUT2D eigenvalue weighted by Crippen LogP contribution is -2.10. The first-order chi connectivity index (χ1) is 14.4. The number of nitrogens with two attached hydrogens (primary N) is 2. The van der Waals surface area contributed by atoms with Crippen LogP contribution in [0, 0.1) is 0 Å². The molecule has 0 spiro atoms. The van der Waals surface area contributed by atoms with Gasteiger partial charge in [-0.15, -0.1) is 0 Å². The van der Waals surface area contributed by atoms with Gasteiger partial charge < -0.3 is 11.5 Å². The number of hydrogen-bond donors (Lipinski definition) is 2. The topological polar surface area (TPSA) is 69.9 Å². The van der Waals surface area contributed by atoms with Crippen molar-refractivity contribution >= 4 is 22.4 Å². The van der Waals surface area contributed by atoms with Crippen molar-refractivity contribution in [3.63, 3.8) is 0 Å². The van der Waals surface area contributed by atoms with E-state index in [1.54, 1.807) is 0 Å². The van der Waals surface area contributed by atoms with Crippen molar-refractivity contribution in [2.45, 2.75) is 12.4 Å². The second kappa shape index (κ2) is 6.93. The van der Waals surface area contributed by atoms with Crippen molar-refractivity contribution in [2.75, 3.05) is 11.5 Å². The van der Waals surface area contributed by atoms with E-state index in [2.05, 4.69) is 4.98 Å². The molecule has 1 heterocycles. The molecule has 0 saturated carbocycles. The summed E-state index contributed by atoms with van der Waals surface area (Å²) >= 11 is 0. The standard InChI is InChI=1S/C21H14F6N4/c22-20(23,24)11-2-1-3-14(8-11)31-18-7-5-13(29)10-17(18)30-19(31)15-6-4-12(28)9-16(15)21(25,26)27/h1-10H,28-29H2. The number of fused-ring (bicyclic) bond motifs is 1. The fourth-order valence-electron chi connectivity index (χ4n) is 3.35. The van der Waals surface area contributed by atoms with Crippen molar-refractivity contribution < 1.29 is 26.3 Å². The van der Waals surface area contributed by atoms with E-state index in [0.29, 0.717) is 11.2 Å². The molecule has 0 aliphatic carbocycles. The van der Waals surface area contributed by atoms with Gasteiger partial charge in [0.15, 0.2) is 0 Å². The van der Waals surface area contributed by atoms with Gasteiger partial charge in [0.1, 0.15) is 5.82 Å². The third kappa shape index (κ3) is 3.76. The van der Waals surface area contributed by atoms with Crippen molar-refractivity contribution in [3.8, 4) is 17.1 Å². The minimum absolute atomic E-state index is 0.00189. The van der Waals surface area contributed by atoms with Crippen LogP contribution in [0.2, 0.25) is 0 Å². The maximum atomic E-state index is 13.7. The molecule has 4 rings (SSSR count). The quantitative estimate of drug-likeness (QED) is 0.304. The molecule has 0 bridgehead atoms. The van der Waals surface area contributed by atoms with Crippen LogP contribution in [-0.2, 0) is 12.4 Å². The largest absolute Gasteiger partial charge is 0.417 e. The summed E-state index contributed by atoms with van der Waals surface area (Å²) in [6.07, 6.45) is -9.39. The second-order valence-corrected chi connectivity index (χ2v) is 6.87. The maximum Gasteiger partial charge on any atom is 0.417 e. The zero-order valence-electron chi connectivity index (χ0n) is 15.6. The molecule has 0 aliphatic heterocycles. The fourth-order valence-corrected chi connectivity index (χ4v) is 3.35. The van der Waals surface area contributed by atoms with Gasteiger partial charge in [-0.1, -0.05) is 6.07 Å². The summed E-state index contributed by atoms with van der Waals surface area (Å²) < 4.78 is 82.2. The van der Waals surface area contributed by atoms with Crippen LogP contribution < -0.4 is 11.5 Å². The van der Waals surface area contributed by atoms with Crippen molar-refractivity contribution in [2.24, 2.45) is 0 Å². The van der Waals surface area contributed by atoms with E-state index in [4.69, 9.17) is 11.5 Å². The summed E-state index contributed by atoms with van der Waals surface area (Å²) in [4.78, 5) is 4.28. The summed E-state index contributed by atoms with van der Waals surface area (Å²) in [6, 6.07) is 11.9. The smallest absolute Gasteiger partial charge is 0.399 e. The Hall–Kier alpha value is -3.69. The Morgan fingerprint density at radius 3 is 2.10 bits per heavy atom. The van der Waals surface area contributed by atoms with Gasteiger partial charge in [0, 0.05) is 22.6 Å². The molecular formula is C21H14F6N4. The van der Waals surface area contributed by atoms with Gasteiger partial charge in [0.05, 0.1) is 22.2 Å². The van der Waals surface area contributed by atoms with E-state index >= 15 is 0 Å². The zero-order chi connectivity index (χ0) is 22.6. The monoisotopic (exact) mass is 436 g/mol. The van der Waals surface area contributed by atoms with Gasteiger partial charge >= 0.3 is 12.4 Å². The molecule has 0 amide bonds. The van der Waals surface area contributed by atoms with Gasteiger partial charge in [-0.3, -0.25) is 4.57 Å². The van der Waals surface area contributed by atoms with Gasteiger partial charge in [0.2, 0.25) is 0 Å². The first kappa shape index (κ1) is 20.6. The molecule has 1 aromatic heterocycles. The van der Waals surface area contributed by atoms with Crippen LogP contribution in [0.5, 0.6) is 0 Å². The molecule has 4 nitrogen and oxygen atoms in total. The number of alkyl halides is 6. The Balaban J connectivity index is 2.08. The Kier molecular flexibility index (Phi) is 4.60. The van der Waals surface area contributed by atoms with Crippen LogP contribution in [0.1, 0.15) is 11.1 Å². The fraction of sp³-hybridized carbons (Fsp3) is 0.0952. The highest BCUT2D eigenvalue weighted by molar-refractivity contribution is 5.86. The molecular weight excluding hydrogens is 422 g/mol. The average molecular weight is 436 g/mol.